The lowest BCUT2D eigenvalue weighted by atomic mass is 9.81. The number of nitrogens with one attached hydrogen (secondary N) is 1. The molecule has 1 aliphatic heterocycles. The number of ketones is 1. The average molecular weight is 431 g/mol. The van der Waals surface area contributed by atoms with Crippen molar-refractivity contribution >= 4 is 28.2 Å². The lowest BCUT2D eigenvalue weighted by Gasteiger charge is -2.42. The van der Waals surface area contributed by atoms with Gasteiger partial charge < -0.3 is 10.1 Å². The molecule has 1 N–H and O–H groups in total. The first-order valence-electron chi connectivity index (χ1n) is 11.2. The fourth-order valence-electron chi connectivity index (χ4n) is 4.59. The Balaban J connectivity index is 1.48. The van der Waals surface area contributed by atoms with Crippen molar-refractivity contribution in [3.63, 3.8) is 0 Å². The van der Waals surface area contributed by atoms with E-state index in [4.69, 9.17) is 4.74 Å². The molecule has 3 aromatic carbocycles. The lowest BCUT2D eigenvalue weighted by Crippen LogP contribution is -2.54. The zero-order chi connectivity index (χ0) is 22.4. The third kappa shape index (κ3) is 5.00. The summed E-state index contributed by atoms with van der Waals surface area (Å²) in [4.78, 5) is 27.3. The van der Waals surface area contributed by atoms with E-state index in [0.29, 0.717) is 12.8 Å². The molecule has 0 saturated carbocycles. The Morgan fingerprint density at radius 1 is 0.906 bits per heavy atom. The number of benzene rings is 3. The zero-order valence-corrected chi connectivity index (χ0v) is 18.5. The number of ether oxygens (including phenoxy) is 1. The van der Waals surface area contributed by atoms with E-state index >= 15 is 0 Å². The number of fused-ring (bicyclic) bond motifs is 1. The predicted octanol–water partition coefficient (Wildman–Crippen LogP) is 4.81. The van der Waals surface area contributed by atoms with Gasteiger partial charge in [-0.05, 0) is 41.3 Å². The normalized spacial score (nSPS) is 15.9. The molecule has 0 aromatic heterocycles. The highest BCUT2D eigenvalue weighted by Crippen LogP contribution is 2.31. The summed E-state index contributed by atoms with van der Waals surface area (Å²) in [5, 5.41) is 6.05. The van der Waals surface area contributed by atoms with Gasteiger partial charge in [0.05, 0.1) is 19.1 Å². The number of rotatable bonds is 8. The van der Waals surface area contributed by atoms with Crippen LogP contribution in [-0.4, -0.2) is 42.4 Å². The van der Waals surface area contributed by atoms with E-state index in [2.05, 4.69) is 52.7 Å². The van der Waals surface area contributed by atoms with Crippen molar-refractivity contribution in [2.45, 2.75) is 37.8 Å². The van der Waals surface area contributed by atoms with E-state index in [1.54, 1.807) is 0 Å². The first-order chi connectivity index (χ1) is 15.6. The van der Waals surface area contributed by atoms with Crippen molar-refractivity contribution in [2.75, 3.05) is 25.5 Å². The molecular formula is C27H30N2O3. The predicted molar refractivity (Wildman–Crippen MR) is 128 cm³/mol. The third-order valence-electron chi connectivity index (χ3n) is 6.46. The first-order valence-corrected chi connectivity index (χ1v) is 11.2. The standard InChI is InChI=1S/C27H30N2O3/c1-32-26(31)15-14-25(30)27(28-23-11-3-2-4-12-23)16-18-29(19-17-27)20-22-10-7-9-21-8-5-6-13-24(21)22/h2-13,28H,14-20H2,1H3. The first kappa shape index (κ1) is 22.0. The second kappa shape index (κ2) is 9.96. The second-order valence-electron chi connectivity index (χ2n) is 8.49. The van der Waals surface area contributed by atoms with E-state index < -0.39 is 5.54 Å². The molecule has 5 heteroatoms. The molecule has 4 rings (SSSR count). The van der Waals surface area contributed by atoms with Gasteiger partial charge in [0, 0.05) is 31.7 Å². The van der Waals surface area contributed by atoms with Gasteiger partial charge in [-0.1, -0.05) is 60.7 Å². The number of likely N-dealkylation sites (tertiary alicyclic amines) is 1. The number of hydrogen-bond acceptors (Lipinski definition) is 5. The smallest absolute Gasteiger partial charge is 0.305 e. The quantitative estimate of drug-likeness (QED) is 0.520. The Morgan fingerprint density at radius 2 is 1.59 bits per heavy atom. The van der Waals surface area contributed by atoms with Gasteiger partial charge >= 0.3 is 5.97 Å². The molecule has 0 bridgehead atoms. The van der Waals surface area contributed by atoms with Gasteiger partial charge in [0.2, 0.25) is 0 Å². The number of methoxy groups -OCH3 is 1. The monoisotopic (exact) mass is 430 g/mol. The maximum Gasteiger partial charge on any atom is 0.305 e. The molecule has 1 fully saturated rings. The van der Waals surface area contributed by atoms with Crippen LogP contribution in [-0.2, 0) is 20.9 Å². The molecule has 0 amide bonds. The van der Waals surface area contributed by atoms with Crippen LogP contribution in [0.3, 0.4) is 0 Å². The Hall–Kier alpha value is -3.18. The SMILES string of the molecule is COC(=O)CCC(=O)C1(Nc2ccccc2)CCN(Cc2cccc3ccccc23)CC1. The van der Waals surface area contributed by atoms with E-state index in [0.717, 1.165) is 25.3 Å². The van der Waals surface area contributed by atoms with Crippen molar-refractivity contribution in [2.24, 2.45) is 0 Å². The molecule has 32 heavy (non-hydrogen) atoms. The zero-order valence-electron chi connectivity index (χ0n) is 18.5. The van der Waals surface area contributed by atoms with E-state index in [9.17, 15) is 9.59 Å². The summed E-state index contributed by atoms with van der Waals surface area (Å²) in [6, 6.07) is 24.8. The minimum Gasteiger partial charge on any atom is -0.469 e. The number of piperidine rings is 1. The van der Waals surface area contributed by atoms with Crippen LogP contribution in [0, 0.1) is 0 Å². The highest BCUT2D eigenvalue weighted by molar-refractivity contribution is 5.93. The molecule has 1 aliphatic rings. The van der Waals surface area contributed by atoms with Gasteiger partial charge in [-0.15, -0.1) is 0 Å². The van der Waals surface area contributed by atoms with Gasteiger partial charge in [0.1, 0.15) is 0 Å². The molecule has 0 spiro atoms. The molecule has 0 aliphatic carbocycles. The molecule has 5 nitrogen and oxygen atoms in total. The summed E-state index contributed by atoms with van der Waals surface area (Å²) in [5.41, 5.74) is 1.58. The molecule has 0 unspecified atom stereocenters. The van der Waals surface area contributed by atoms with Crippen LogP contribution in [0.2, 0.25) is 0 Å². The Morgan fingerprint density at radius 3 is 2.34 bits per heavy atom. The van der Waals surface area contributed by atoms with Crippen LogP contribution >= 0.6 is 0 Å². The van der Waals surface area contributed by atoms with Gasteiger partial charge in [-0.25, -0.2) is 0 Å². The fraction of sp³-hybridized carbons (Fsp3) is 0.333. The highest BCUT2D eigenvalue weighted by atomic mass is 16.5. The van der Waals surface area contributed by atoms with Gasteiger partial charge in [-0.3, -0.25) is 14.5 Å². The Labute approximate surface area is 189 Å². The average Bonchev–Trinajstić information content (AvgIpc) is 2.84. The molecule has 166 valence electrons. The molecule has 3 aromatic rings. The summed E-state index contributed by atoms with van der Waals surface area (Å²) in [7, 11) is 1.36. The number of Topliss-reactive ketones (excluding diaryl/α,β-unsaturated/α-hetero) is 1. The lowest BCUT2D eigenvalue weighted by molar-refractivity contribution is -0.142. The van der Waals surface area contributed by atoms with Crippen LogP contribution in [0.1, 0.15) is 31.2 Å². The van der Waals surface area contributed by atoms with Crippen molar-refractivity contribution in [1.29, 1.82) is 0 Å². The second-order valence-corrected chi connectivity index (χ2v) is 8.49. The minimum atomic E-state index is -0.662. The summed E-state index contributed by atoms with van der Waals surface area (Å²) in [5.74, 6) is -0.266. The van der Waals surface area contributed by atoms with E-state index in [-0.39, 0.29) is 24.6 Å². The number of carbonyl (C=O) groups is 2. The van der Waals surface area contributed by atoms with Crippen molar-refractivity contribution in [3.05, 3.63) is 78.4 Å². The largest absolute Gasteiger partial charge is 0.469 e. The van der Waals surface area contributed by atoms with Crippen LogP contribution in [0.4, 0.5) is 5.69 Å². The number of esters is 1. The summed E-state index contributed by atoms with van der Waals surface area (Å²) >= 11 is 0. The summed E-state index contributed by atoms with van der Waals surface area (Å²) in [6.07, 6.45) is 1.71. The van der Waals surface area contributed by atoms with Crippen LogP contribution in [0.15, 0.2) is 72.8 Å². The molecule has 0 radical (unpaired) electrons. The van der Waals surface area contributed by atoms with E-state index in [1.807, 2.05) is 30.3 Å². The molecular weight excluding hydrogens is 400 g/mol. The van der Waals surface area contributed by atoms with Gasteiger partial charge in [0.15, 0.2) is 5.78 Å². The highest BCUT2D eigenvalue weighted by Gasteiger charge is 2.40. The topological polar surface area (TPSA) is 58.6 Å². The Kier molecular flexibility index (Phi) is 6.86. The van der Waals surface area contributed by atoms with Gasteiger partial charge in [0.25, 0.3) is 0 Å². The van der Waals surface area contributed by atoms with Crippen LogP contribution < -0.4 is 5.32 Å². The van der Waals surface area contributed by atoms with Crippen LogP contribution in [0.5, 0.6) is 0 Å². The number of hydrogen-bond donors (Lipinski definition) is 1. The van der Waals surface area contributed by atoms with Gasteiger partial charge in [-0.2, -0.15) is 0 Å². The number of anilines is 1. The number of carbonyl (C=O) groups excluding carboxylic acids is 2. The Bertz CT molecular complexity index is 1070. The van der Waals surface area contributed by atoms with Crippen molar-refractivity contribution in [3.8, 4) is 0 Å². The van der Waals surface area contributed by atoms with Crippen molar-refractivity contribution in [1.82, 2.24) is 4.90 Å². The van der Waals surface area contributed by atoms with E-state index in [1.165, 1.54) is 23.4 Å². The minimum absolute atomic E-state index is 0.0802. The van der Waals surface area contributed by atoms with Crippen LogP contribution in [0.25, 0.3) is 10.8 Å². The third-order valence-corrected chi connectivity index (χ3v) is 6.46. The van der Waals surface area contributed by atoms with Crippen molar-refractivity contribution < 1.29 is 14.3 Å². The number of nitrogens with zero attached hydrogens (tertiary/aromatic N) is 1. The summed E-state index contributed by atoms with van der Waals surface area (Å²) < 4.78 is 4.74. The molecule has 0 atom stereocenters. The molecule has 1 saturated heterocycles. The summed E-state index contributed by atoms with van der Waals surface area (Å²) in [6.45, 7) is 2.49. The maximum atomic E-state index is 13.3. The number of para-hydroxylation sites is 1. The molecule has 1 heterocycles. The maximum absolute atomic E-state index is 13.3. The fourth-order valence-corrected chi connectivity index (χ4v) is 4.59.